The maximum absolute atomic E-state index is 12.7. The smallest absolute Gasteiger partial charge is 0.364 e. The van der Waals surface area contributed by atoms with Gasteiger partial charge in [0.25, 0.3) is 0 Å². The topological polar surface area (TPSA) is 165 Å². The number of nitrogens with zero attached hydrogens (tertiary/aromatic N) is 6. The van der Waals surface area contributed by atoms with Gasteiger partial charge in [-0.2, -0.15) is 32.4 Å². The lowest BCUT2D eigenvalue weighted by Gasteiger charge is -2.13. The molecule has 0 aromatic carbocycles. The summed E-state index contributed by atoms with van der Waals surface area (Å²) in [6, 6.07) is 5.11. The van der Waals surface area contributed by atoms with Gasteiger partial charge >= 0.3 is 10.8 Å². The number of nitriles is 2. The Kier molecular flexibility index (Phi) is 22.7. The highest BCUT2D eigenvalue weighted by atomic mass is 35.5. The third-order valence-electron chi connectivity index (χ3n) is 4.67. The summed E-state index contributed by atoms with van der Waals surface area (Å²) in [6.45, 7) is 5.37. The number of aliphatic hydroxyl groups excluding tert-OH is 1. The number of aliphatic hydroxyl groups is 1. The Morgan fingerprint density at radius 1 is 1.02 bits per heavy atom. The van der Waals surface area contributed by atoms with Gasteiger partial charge in [0, 0.05) is 30.5 Å². The molecule has 41 heavy (non-hydrogen) atoms. The lowest BCUT2D eigenvalue weighted by atomic mass is 10.2. The van der Waals surface area contributed by atoms with Crippen molar-refractivity contribution in [1.82, 2.24) is 9.97 Å². The van der Waals surface area contributed by atoms with Crippen LogP contribution < -0.4 is 0 Å². The zero-order chi connectivity index (χ0) is 29.7. The molecule has 0 saturated heterocycles. The number of hydrogen-bond donors (Lipinski definition) is 1. The Morgan fingerprint density at radius 3 is 1.71 bits per heavy atom. The molecule has 0 aliphatic heterocycles. The normalized spacial score (nSPS) is 14.0. The molecule has 234 valence electrons. The molecule has 0 aliphatic carbocycles. The van der Waals surface area contributed by atoms with Crippen LogP contribution in [-0.4, -0.2) is 43.9 Å². The van der Waals surface area contributed by atoms with Crippen LogP contribution in [0.5, 0.6) is 0 Å². The lowest BCUT2D eigenvalue weighted by molar-refractivity contribution is 0.0894. The first-order valence-electron chi connectivity index (χ1n) is 10.5. The monoisotopic (exact) mass is 669 g/mol. The van der Waals surface area contributed by atoms with Gasteiger partial charge in [-0.15, -0.1) is 4.36 Å². The predicted molar refractivity (Wildman–Crippen MR) is 152 cm³/mol. The van der Waals surface area contributed by atoms with Gasteiger partial charge in [-0.3, -0.25) is 14.7 Å². The minimum atomic E-state index is -3.54. The summed E-state index contributed by atoms with van der Waals surface area (Å²) in [4.78, 5) is 7.12. The van der Waals surface area contributed by atoms with Crippen LogP contribution in [0.3, 0.4) is 0 Å². The van der Waals surface area contributed by atoms with Crippen molar-refractivity contribution in [3.05, 3.63) is 59.2 Å². The fraction of sp³-hybridized carbons (Fsp3) is 0.478. The Labute approximate surface area is 249 Å². The molecule has 4 atom stereocenters. The average Bonchev–Trinajstić information content (AvgIpc) is 2.83. The average molecular weight is 671 g/mol. The lowest BCUT2D eigenvalue weighted by Crippen LogP contribution is -2.10. The van der Waals surface area contributed by atoms with E-state index in [1.807, 2.05) is 6.92 Å². The Balaban J connectivity index is -0.000000286. The molecule has 4 unspecified atom stereocenters. The first kappa shape index (κ1) is 45.5. The number of pyridine rings is 2. The maximum Gasteiger partial charge on any atom is 0.364 e. The van der Waals surface area contributed by atoms with Gasteiger partial charge in [-0.05, 0) is 73.5 Å². The van der Waals surface area contributed by atoms with Crippen molar-refractivity contribution in [1.29, 1.82) is 10.5 Å². The third kappa shape index (κ3) is 15.9. The summed E-state index contributed by atoms with van der Waals surface area (Å²) in [7, 11) is -3.25. The second kappa shape index (κ2) is 20.4. The molecule has 0 spiro atoms. The van der Waals surface area contributed by atoms with Crippen molar-refractivity contribution in [2.24, 2.45) is 8.73 Å². The molecule has 0 amide bonds. The molecule has 9 nitrogen and oxygen atoms in total. The fourth-order valence-electron chi connectivity index (χ4n) is 2.38. The zero-order valence-corrected chi connectivity index (χ0v) is 24.9. The van der Waals surface area contributed by atoms with E-state index in [-0.39, 0.29) is 29.5 Å². The molecular formula is C23H32Cl2F5N6O3S2-. The second-order valence-corrected chi connectivity index (χ2v) is 12.8. The largest absolute Gasteiger partial charge is 0.870 e. The van der Waals surface area contributed by atoms with Gasteiger partial charge in [0.2, 0.25) is 12.4 Å². The van der Waals surface area contributed by atoms with E-state index in [9.17, 15) is 21.8 Å². The van der Waals surface area contributed by atoms with Crippen LogP contribution >= 0.6 is 23.2 Å². The third-order valence-corrected chi connectivity index (χ3v) is 8.75. The number of rotatable bonds is 6. The molecule has 2 rings (SSSR count). The molecule has 2 aromatic rings. The quantitative estimate of drug-likeness (QED) is 0.197. The summed E-state index contributed by atoms with van der Waals surface area (Å²) in [5.41, 5.74) is 0.133. The van der Waals surface area contributed by atoms with Crippen molar-refractivity contribution < 1.29 is 37.1 Å². The van der Waals surface area contributed by atoms with E-state index < -0.39 is 47.8 Å². The zero-order valence-electron chi connectivity index (χ0n) is 21.8. The SMILES string of the molecule is C.CC(c1ccc(C(F)(F)Cl)nc1)S(C)(=O)=NC#N.CC(c1ccc(C(F)(F)Cl)nc1)S(C)=NC#N.CCO.F.[OH-]. The first-order chi connectivity index (χ1) is 17.5. The second-order valence-electron chi connectivity index (χ2n) is 7.32. The van der Waals surface area contributed by atoms with Crippen LogP contribution in [-0.2, 0) is 31.2 Å². The number of alkyl halides is 6. The summed E-state index contributed by atoms with van der Waals surface area (Å²) in [6.07, 6.45) is 8.84. The van der Waals surface area contributed by atoms with Crippen molar-refractivity contribution in [3.8, 4) is 12.4 Å². The summed E-state index contributed by atoms with van der Waals surface area (Å²) in [5.74, 6) is 0. The number of halogens is 7. The molecule has 0 aliphatic rings. The van der Waals surface area contributed by atoms with E-state index in [0.717, 1.165) is 17.8 Å². The van der Waals surface area contributed by atoms with Gasteiger partial charge in [0.15, 0.2) is 0 Å². The van der Waals surface area contributed by atoms with Crippen LogP contribution in [0.15, 0.2) is 45.4 Å². The van der Waals surface area contributed by atoms with Crippen molar-refractivity contribution in [2.75, 3.05) is 19.1 Å². The van der Waals surface area contributed by atoms with Crippen LogP contribution in [0.2, 0.25) is 0 Å². The molecular weight excluding hydrogens is 638 g/mol. The highest BCUT2D eigenvalue weighted by Crippen LogP contribution is 2.32. The Hall–Kier alpha value is -2.47. The van der Waals surface area contributed by atoms with Crippen LogP contribution in [0, 0.1) is 22.9 Å². The van der Waals surface area contributed by atoms with Gasteiger partial charge in [0.1, 0.15) is 11.4 Å². The number of aromatic nitrogens is 2. The molecule has 2 heterocycles. The highest BCUT2D eigenvalue weighted by molar-refractivity contribution is 7.93. The van der Waals surface area contributed by atoms with E-state index in [4.69, 9.17) is 38.8 Å². The van der Waals surface area contributed by atoms with Crippen molar-refractivity contribution in [2.45, 2.75) is 49.5 Å². The Morgan fingerprint density at radius 2 is 1.41 bits per heavy atom. The van der Waals surface area contributed by atoms with Gasteiger partial charge < -0.3 is 10.6 Å². The van der Waals surface area contributed by atoms with Crippen LogP contribution in [0.1, 0.15) is 61.2 Å². The van der Waals surface area contributed by atoms with E-state index in [1.54, 1.807) is 26.3 Å². The molecule has 0 saturated carbocycles. The van der Waals surface area contributed by atoms with Crippen molar-refractivity contribution >= 4 is 43.6 Å². The molecule has 2 N–H and O–H groups in total. The van der Waals surface area contributed by atoms with Gasteiger partial charge in [-0.1, -0.05) is 30.3 Å². The highest BCUT2D eigenvalue weighted by Gasteiger charge is 2.30. The summed E-state index contributed by atoms with van der Waals surface area (Å²) >= 11 is 9.66. The minimum Gasteiger partial charge on any atom is -0.870 e. The minimum absolute atomic E-state index is 0. The fourth-order valence-corrected chi connectivity index (χ4v) is 4.39. The molecule has 18 heteroatoms. The van der Waals surface area contributed by atoms with E-state index in [2.05, 4.69) is 18.7 Å². The first-order valence-corrected chi connectivity index (χ1v) is 14.9. The van der Waals surface area contributed by atoms with Gasteiger partial charge in [0.05, 0.1) is 15.0 Å². The molecule has 0 bridgehead atoms. The summed E-state index contributed by atoms with van der Waals surface area (Å²) < 4.78 is 69.9. The van der Waals surface area contributed by atoms with Crippen LogP contribution in [0.25, 0.3) is 0 Å². The Bertz CT molecular complexity index is 1270. The van der Waals surface area contributed by atoms with Gasteiger partial charge in [-0.25, -0.2) is 4.21 Å². The molecule has 0 fully saturated rings. The van der Waals surface area contributed by atoms with Crippen molar-refractivity contribution in [3.63, 3.8) is 0 Å². The maximum atomic E-state index is 12.7. The predicted octanol–water partition coefficient (Wildman–Crippen LogP) is 6.96. The molecule has 2 aromatic heterocycles. The molecule has 0 radical (unpaired) electrons. The number of hydrogen-bond acceptors (Lipinski definition) is 9. The standard InChI is InChI=1S/C10H10ClF2N3OS.C10H10ClF2N3S.C2H6O.CH4.FH.H2O/c1-7(18(2,17)16-6-14)8-3-4-9(15-5-8)10(11,12)13;1-7(17(2)16-6-14)8-3-4-9(15-5-8)10(11,12)13;1-2-3;;;/h3-5,7H,1-2H3;3-5,7H,1-2H3;3H,2H2,1H3;1H4;1H;1H2/p-1. The van der Waals surface area contributed by atoms with E-state index in [0.29, 0.717) is 5.56 Å². The van der Waals surface area contributed by atoms with Crippen LogP contribution in [0.4, 0.5) is 22.3 Å². The van der Waals surface area contributed by atoms with E-state index in [1.165, 1.54) is 36.8 Å². The van der Waals surface area contributed by atoms with E-state index >= 15 is 0 Å². The summed E-state index contributed by atoms with van der Waals surface area (Å²) in [5, 5.41) is 16.8.